The summed E-state index contributed by atoms with van der Waals surface area (Å²) in [5, 5.41) is 6.88. The lowest BCUT2D eigenvalue weighted by atomic mass is 10.1. The molecule has 0 fully saturated rings. The minimum Gasteiger partial charge on any atom is -0.354 e. The molecule has 0 radical (unpaired) electrons. The standard InChI is InChI=1S/C22H19FN4O2/c23-18-10-8-17(9-11-18)21-25-22(29-26-21)19-7-4-14-27(19)15-20(28)24-13-12-16-5-2-1-3-6-16/h1-11,14H,12-13,15H2,(H,24,28). The third-order valence-corrected chi connectivity index (χ3v) is 4.47. The van der Waals surface area contributed by atoms with Crippen LogP contribution in [0.4, 0.5) is 4.39 Å². The molecule has 0 bridgehead atoms. The number of nitrogens with zero attached hydrogens (tertiary/aromatic N) is 3. The fraction of sp³-hybridized carbons (Fsp3) is 0.136. The minimum atomic E-state index is -0.329. The van der Waals surface area contributed by atoms with Gasteiger partial charge in [-0.3, -0.25) is 4.79 Å². The van der Waals surface area contributed by atoms with E-state index >= 15 is 0 Å². The van der Waals surface area contributed by atoms with Gasteiger partial charge in [0.15, 0.2) is 0 Å². The van der Waals surface area contributed by atoms with E-state index in [1.807, 2.05) is 36.4 Å². The normalized spacial score (nSPS) is 10.8. The zero-order chi connectivity index (χ0) is 20.1. The van der Waals surface area contributed by atoms with Gasteiger partial charge >= 0.3 is 0 Å². The lowest BCUT2D eigenvalue weighted by molar-refractivity contribution is -0.121. The van der Waals surface area contributed by atoms with E-state index in [4.69, 9.17) is 4.52 Å². The van der Waals surface area contributed by atoms with Crippen molar-refractivity contribution in [1.29, 1.82) is 0 Å². The molecule has 2 aromatic heterocycles. The van der Waals surface area contributed by atoms with Crippen LogP contribution in [0.2, 0.25) is 0 Å². The van der Waals surface area contributed by atoms with E-state index in [0.717, 1.165) is 6.42 Å². The molecule has 0 saturated carbocycles. The zero-order valence-corrected chi connectivity index (χ0v) is 15.6. The van der Waals surface area contributed by atoms with Gasteiger partial charge in [0.1, 0.15) is 18.1 Å². The van der Waals surface area contributed by atoms with Crippen molar-refractivity contribution in [3.05, 3.63) is 84.3 Å². The summed E-state index contributed by atoms with van der Waals surface area (Å²) in [7, 11) is 0. The second kappa shape index (κ2) is 8.52. The van der Waals surface area contributed by atoms with E-state index in [1.165, 1.54) is 17.7 Å². The molecule has 2 heterocycles. The van der Waals surface area contributed by atoms with Gasteiger partial charge in [-0.2, -0.15) is 4.98 Å². The smallest absolute Gasteiger partial charge is 0.274 e. The van der Waals surface area contributed by atoms with Crippen molar-refractivity contribution in [3.8, 4) is 23.0 Å². The highest BCUT2D eigenvalue weighted by Crippen LogP contribution is 2.23. The fourth-order valence-corrected chi connectivity index (χ4v) is 2.99. The second-order valence-corrected chi connectivity index (χ2v) is 6.54. The van der Waals surface area contributed by atoms with Gasteiger partial charge in [0.25, 0.3) is 5.89 Å². The van der Waals surface area contributed by atoms with E-state index in [-0.39, 0.29) is 18.3 Å². The third kappa shape index (κ3) is 4.57. The van der Waals surface area contributed by atoms with Gasteiger partial charge in [-0.05, 0) is 48.4 Å². The molecule has 1 amide bonds. The van der Waals surface area contributed by atoms with Crippen LogP contribution in [0.25, 0.3) is 23.0 Å². The van der Waals surface area contributed by atoms with E-state index in [9.17, 15) is 9.18 Å². The monoisotopic (exact) mass is 390 g/mol. The van der Waals surface area contributed by atoms with Crippen LogP contribution in [0.1, 0.15) is 5.56 Å². The van der Waals surface area contributed by atoms with Crippen molar-refractivity contribution in [2.45, 2.75) is 13.0 Å². The molecule has 0 aliphatic carbocycles. The number of carbonyl (C=O) groups excluding carboxylic acids is 1. The average Bonchev–Trinajstić information content (AvgIpc) is 3.39. The molecule has 29 heavy (non-hydrogen) atoms. The molecular formula is C22H19FN4O2. The highest BCUT2D eigenvalue weighted by molar-refractivity contribution is 5.76. The van der Waals surface area contributed by atoms with Crippen LogP contribution < -0.4 is 5.32 Å². The highest BCUT2D eigenvalue weighted by Gasteiger charge is 2.15. The maximum absolute atomic E-state index is 13.1. The number of hydrogen-bond acceptors (Lipinski definition) is 4. The number of halogens is 1. The van der Waals surface area contributed by atoms with Crippen molar-refractivity contribution >= 4 is 5.91 Å². The Morgan fingerprint density at radius 3 is 2.62 bits per heavy atom. The first kappa shape index (κ1) is 18.6. The molecule has 0 atom stereocenters. The van der Waals surface area contributed by atoms with Crippen LogP contribution in [0.5, 0.6) is 0 Å². The Balaban J connectivity index is 1.39. The van der Waals surface area contributed by atoms with Gasteiger partial charge in [0, 0.05) is 18.3 Å². The summed E-state index contributed by atoms with van der Waals surface area (Å²) in [5.41, 5.74) is 2.47. The molecule has 2 aromatic carbocycles. The summed E-state index contributed by atoms with van der Waals surface area (Å²) in [6.07, 6.45) is 2.56. The Morgan fingerprint density at radius 2 is 1.83 bits per heavy atom. The van der Waals surface area contributed by atoms with Gasteiger partial charge in [0.2, 0.25) is 11.7 Å². The van der Waals surface area contributed by atoms with Crippen LogP contribution in [-0.2, 0) is 17.8 Å². The first-order chi connectivity index (χ1) is 14.2. The van der Waals surface area contributed by atoms with Gasteiger partial charge in [-0.1, -0.05) is 35.5 Å². The van der Waals surface area contributed by atoms with Crippen molar-refractivity contribution in [3.63, 3.8) is 0 Å². The largest absolute Gasteiger partial charge is 0.354 e. The van der Waals surface area contributed by atoms with Crippen LogP contribution >= 0.6 is 0 Å². The highest BCUT2D eigenvalue weighted by atomic mass is 19.1. The van der Waals surface area contributed by atoms with Gasteiger partial charge in [-0.25, -0.2) is 4.39 Å². The summed E-state index contributed by atoms with van der Waals surface area (Å²) < 4.78 is 20.2. The predicted octanol–water partition coefficient (Wildman–Crippen LogP) is 3.70. The molecule has 0 aliphatic rings. The van der Waals surface area contributed by atoms with Gasteiger partial charge in [-0.15, -0.1) is 0 Å². The summed E-state index contributed by atoms with van der Waals surface area (Å²) in [6.45, 7) is 0.708. The van der Waals surface area contributed by atoms with E-state index in [2.05, 4.69) is 15.5 Å². The van der Waals surface area contributed by atoms with Crippen molar-refractivity contribution in [2.75, 3.05) is 6.54 Å². The Hall–Kier alpha value is -3.74. The van der Waals surface area contributed by atoms with Crippen molar-refractivity contribution < 1.29 is 13.7 Å². The number of hydrogen-bond donors (Lipinski definition) is 1. The Morgan fingerprint density at radius 1 is 1.03 bits per heavy atom. The Bertz CT molecular complexity index is 1090. The molecule has 146 valence electrons. The van der Waals surface area contributed by atoms with Crippen molar-refractivity contribution in [2.24, 2.45) is 0 Å². The zero-order valence-electron chi connectivity index (χ0n) is 15.6. The molecule has 0 saturated heterocycles. The molecule has 0 aliphatic heterocycles. The number of carbonyl (C=O) groups is 1. The van der Waals surface area contributed by atoms with E-state index in [1.54, 1.807) is 29.0 Å². The van der Waals surface area contributed by atoms with Crippen LogP contribution in [0.15, 0.2) is 77.4 Å². The SMILES string of the molecule is O=C(Cn1cccc1-c1nc(-c2ccc(F)cc2)no1)NCCc1ccccc1. The first-order valence-corrected chi connectivity index (χ1v) is 9.25. The molecule has 7 heteroatoms. The maximum atomic E-state index is 13.1. The topological polar surface area (TPSA) is 73.0 Å². The molecule has 4 aromatic rings. The Kier molecular flexibility index (Phi) is 5.47. The number of rotatable bonds is 7. The van der Waals surface area contributed by atoms with Crippen LogP contribution in [-0.4, -0.2) is 27.2 Å². The predicted molar refractivity (Wildman–Crippen MR) is 106 cm³/mol. The number of nitrogens with one attached hydrogen (secondary N) is 1. The quantitative estimate of drug-likeness (QED) is 0.522. The third-order valence-electron chi connectivity index (χ3n) is 4.47. The fourth-order valence-electron chi connectivity index (χ4n) is 2.99. The minimum absolute atomic E-state index is 0.100. The summed E-state index contributed by atoms with van der Waals surface area (Å²) in [4.78, 5) is 16.7. The number of benzene rings is 2. The van der Waals surface area contributed by atoms with Crippen LogP contribution in [0, 0.1) is 5.82 Å². The summed E-state index contributed by atoms with van der Waals surface area (Å²) in [5.74, 6) is 0.229. The molecular weight excluding hydrogens is 371 g/mol. The maximum Gasteiger partial charge on any atom is 0.274 e. The molecule has 1 N–H and O–H groups in total. The van der Waals surface area contributed by atoms with Gasteiger partial charge in [0.05, 0.1) is 0 Å². The molecule has 4 rings (SSSR count). The summed E-state index contributed by atoms with van der Waals surface area (Å²) >= 11 is 0. The number of amides is 1. The summed E-state index contributed by atoms with van der Waals surface area (Å²) in [6, 6.07) is 19.5. The molecule has 0 spiro atoms. The average molecular weight is 390 g/mol. The first-order valence-electron chi connectivity index (χ1n) is 9.25. The number of aromatic nitrogens is 3. The van der Waals surface area contributed by atoms with Gasteiger partial charge < -0.3 is 14.4 Å². The lowest BCUT2D eigenvalue weighted by Gasteiger charge is -2.08. The van der Waals surface area contributed by atoms with Crippen LogP contribution in [0.3, 0.4) is 0 Å². The van der Waals surface area contributed by atoms with E-state index in [0.29, 0.717) is 29.5 Å². The molecule has 0 unspecified atom stereocenters. The van der Waals surface area contributed by atoms with E-state index < -0.39 is 0 Å². The lowest BCUT2D eigenvalue weighted by Crippen LogP contribution is -2.29. The molecule has 6 nitrogen and oxygen atoms in total. The second-order valence-electron chi connectivity index (χ2n) is 6.54. The van der Waals surface area contributed by atoms with Crippen molar-refractivity contribution in [1.82, 2.24) is 20.0 Å². The Labute approximate surface area is 167 Å².